The first-order chi connectivity index (χ1) is 6.61. The molecule has 0 aliphatic heterocycles. The highest BCUT2D eigenvalue weighted by Gasteiger charge is 2.08. The minimum absolute atomic E-state index is 0.0180. The summed E-state index contributed by atoms with van der Waals surface area (Å²) in [5, 5.41) is 14.0. The molecule has 0 saturated heterocycles. The van der Waals surface area contributed by atoms with Crippen molar-refractivity contribution in [1.82, 2.24) is 5.32 Å². The van der Waals surface area contributed by atoms with E-state index < -0.39 is 0 Å². The molecule has 0 aromatic rings. The van der Waals surface area contributed by atoms with E-state index in [0.29, 0.717) is 13.0 Å². The quantitative estimate of drug-likeness (QED) is 0.255. The van der Waals surface area contributed by atoms with Gasteiger partial charge in [0.2, 0.25) is 5.91 Å². The van der Waals surface area contributed by atoms with E-state index in [2.05, 4.69) is 10.5 Å². The molecule has 5 nitrogen and oxygen atoms in total. The second-order valence-corrected chi connectivity index (χ2v) is 3.33. The van der Waals surface area contributed by atoms with Crippen molar-refractivity contribution < 1.29 is 10.0 Å². The molecule has 82 valence electrons. The Kier molecular flexibility index (Phi) is 6.53. The van der Waals surface area contributed by atoms with Crippen molar-refractivity contribution in [1.29, 1.82) is 0 Å². The van der Waals surface area contributed by atoms with E-state index >= 15 is 0 Å². The zero-order chi connectivity index (χ0) is 11.0. The van der Waals surface area contributed by atoms with Crippen LogP contribution in [0, 0.1) is 5.92 Å². The number of amides is 1. The van der Waals surface area contributed by atoms with Crippen LogP contribution in [0.4, 0.5) is 0 Å². The van der Waals surface area contributed by atoms with Gasteiger partial charge in [-0.2, -0.15) is 0 Å². The van der Waals surface area contributed by atoms with Crippen LogP contribution < -0.4 is 11.1 Å². The van der Waals surface area contributed by atoms with Gasteiger partial charge in [-0.05, 0) is 6.42 Å². The van der Waals surface area contributed by atoms with Crippen LogP contribution in [0.5, 0.6) is 0 Å². The second kappa shape index (κ2) is 7.17. The Balaban J connectivity index is 3.66. The number of nitrogens with two attached hydrogens (primary N) is 1. The first-order valence-corrected chi connectivity index (χ1v) is 4.85. The number of rotatable bonds is 6. The number of carbonyl (C=O) groups is 1. The van der Waals surface area contributed by atoms with E-state index in [0.717, 1.165) is 12.8 Å². The summed E-state index contributed by atoms with van der Waals surface area (Å²) < 4.78 is 0. The Bertz CT molecular complexity index is 204. The third kappa shape index (κ3) is 5.40. The van der Waals surface area contributed by atoms with Crippen molar-refractivity contribution in [2.75, 3.05) is 6.54 Å². The van der Waals surface area contributed by atoms with E-state index in [1.165, 1.54) is 0 Å². The lowest BCUT2D eigenvalue weighted by molar-refractivity contribution is -0.121. The molecule has 0 aliphatic carbocycles. The van der Waals surface area contributed by atoms with Crippen LogP contribution >= 0.6 is 0 Å². The molecule has 0 radical (unpaired) electrons. The predicted octanol–water partition coefficient (Wildman–Crippen LogP) is 0.675. The molecule has 0 bridgehead atoms. The number of carbonyl (C=O) groups excluding carboxylic acids is 1. The van der Waals surface area contributed by atoms with Crippen molar-refractivity contribution in [3.05, 3.63) is 0 Å². The van der Waals surface area contributed by atoms with Crippen LogP contribution in [0.25, 0.3) is 0 Å². The highest BCUT2D eigenvalue weighted by molar-refractivity contribution is 5.83. The van der Waals surface area contributed by atoms with Gasteiger partial charge in [0.1, 0.15) is 5.84 Å². The second-order valence-electron chi connectivity index (χ2n) is 3.33. The predicted molar refractivity (Wildman–Crippen MR) is 55.1 cm³/mol. The Hall–Kier alpha value is -1.26. The van der Waals surface area contributed by atoms with Gasteiger partial charge in [0.15, 0.2) is 0 Å². The molecule has 0 spiro atoms. The zero-order valence-electron chi connectivity index (χ0n) is 8.79. The summed E-state index contributed by atoms with van der Waals surface area (Å²) in [5.74, 6) is 0.0239. The Morgan fingerprint density at radius 2 is 2.29 bits per heavy atom. The first-order valence-electron chi connectivity index (χ1n) is 4.85. The summed E-state index contributed by atoms with van der Waals surface area (Å²) in [5.41, 5.74) is 5.35. The van der Waals surface area contributed by atoms with E-state index in [9.17, 15) is 4.79 Å². The molecule has 0 saturated carbocycles. The average molecular weight is 201 g/mol. The van der Waals surface area contributed by atoms with Gasteiger partial charge in [-0.25, -0.2) is 0 Å². The van der Waals surface area contributed by atoms with Crippen molar-refractivity contribution in [3.63, 3.8) is 0 Å². The molecule has 0 aromatic heterocycles. The number of unbranched alkanes of at least 4 members (excludes halogenated alkanes) is 1. The van der Waals surface area contributed by atoms with Gasteiger partial charge in [-0.3, -0.25) is 4.79 Å². The molecular formula is C9H19N3O2. The molecule has 0 aromatic carbocycles. The smallest absolute Gasteiger partial charge is 0.220 e. The molecular weight excluding hydrogens is 182 g/mol. The molecule has 0 fully saturated rings. The molecule has 0 aliphatic rings. The van der Waals surface area contributed by atoms with E-state index in [4.69, 9.17) is 10.9 Å². The van der Waals surface area contributed by atoms with Crippen LogP contribution in [0.1, 0.15) is 33.1 Å². The van der Waals surface area contributed by atoms with Crippen molar-refractivity contribution in [3.8, 4) is 0 Å². The van der Waals surface area contributed by atoms with Gasteiger partial charge in [0, 0.05) is 18.9 Å². The summed E-state index contributed by atoms with van der Waals surface area (Å²) in [4.78, 5) is 11.2. The Labute approximate surface area is 84.4 Å². The number of nitrogens with zero attached hydrogens (tertiary/aromatic N) is 1. The lowest BCUT2D eigenvalue weighted by Gasteiger charge is -2.10. The number of hydrogen-bond acceptors (Lipinski definition) is 3. The summed E-state index contributed by atoms with van der Waals surface area (Å²) in [6, 6.07) is 0. The van der Waals surface area contributed by atoms with Gasteiger partial charge < -0.3 is 16.3 Å². The summed E-state index contributed by atoms with van der Waals surface area (Å²) in [7, 11) is 0. The molecule has 1 atom stereocenters. The van der Waals surface area contributed by atoms with Gasteiger partial charge in [0.05, 0.1) is 0 Å². The van der Waals surface area contributed by atoms with Gasteiger partial charge in [-0.1, -0.05) is 25.4 Å². The topological polar surface area (TPSA) is 87.7 Å². The van der Waals surface area contributed by atoms with Crippen LogP contribution in [0.2, 0.25) is 0 Å². The van der Waals surface area contributed by atoms with Gasteiger partial charge in [0.25, 0.3) is 0 Å². The van der Waals surface area contributed by atoms with Crippen LogP contribution in [0.3, 0.4) is 0 Å². The van der Waals surface area contributed by atoms with Crippen LogP contribution in [-0.2, 0) is 4.79 Å². The number of hydrogen-bond donors (Lipinski definition) is 3. The van der Waals surface area contributed by atoms with Crippen LogP contribution in [0.15, 0.2) is 5.16 Å². The van der Waals surface area contributed by atoms with Crippen molar-refractivity contribution >= 4 is 11.7 Å². The largest absolute Gasteiger partial charge is 0.409 e. The lowest BCUT2D eigenvalue weighted by Crippen LogP contribution is -2.34. The van der Waals surface area contributed by atoms with E-state index in [-0.39, 0.29) is 17.7 Å². The number of oxime groups is 1. The molecule has 14 heavy (non-hydrogen) atoms. The Morgan fingerprint density at radius 1 is 1.64 bits per heavy atom. The number of amidine groups is 1. The molecule has 0 heterocycles. The molecule has 4 N–H and O–H groups in total. The van der Waals surface area contributed by atoms with Gasteiger partial charge in [-0.15, -0.1) is 0 Å². The SMILES string of the molecule is CCCCC(=O)NCC(C)C(N)=NO. The highest BCUT2D eigenvalue weighted by atomic mass is 16.4. The highest BCUT2D eigenvalue weighted by Crippen LogP contribution is 1.95. The lowest BCUT2D eigenvalue weighted by atomic mass is 10.1. The van der Waals surface area contributed by atoms with Crippen molar-refractivity contribution in [2.45, 2.75) is 33.1 Å². The zero-order valence-corrected chi connectivity index (χ0v) is 8.79. The summed E-state index contributed by atoms with van der Waals surface area (Å²) >= 11 is 0. The molecule has 0 rings (SSSR count). The fourth-order valence-electron chi connectivity index (χ4n) is 0.896. The van der Waals surface area contributed by atoms with Gasteiger partial charge >= 0.3 is 0 Å². The third-order valence-corrected chi connectivity index (χ3v) is 1.98. The normalized spacial score (nSPS) is 13.7. The maximum Gasteiger partial charge on any atom is 0.220 e. The maximum absolute atomic E-state index is 11.2. The monoisotopic (exact) mass is 201 g/mol. The minimum Gasteiger partial charge on any atom is -0.409 e. The molecule has 1 unspecified atom stereocenters. The van der Waals surface area contributed by atoms with Crippen LogP contribution in [-0.4, -0.2) is 23.5 Å². The first kappa shape index (κ1) is 12.7. The third-order valence-electron chi connectivity index (χ3n) is 1.98. The van der Waals surface area contributed by atoms with E-state index in [1.807, 2.05) is 6.92 Å². The Morgan fingerprint density at radius 3 is 2.79 bits per heavy atom. The standard InChI is InChI=1S/C9H19N3O2/c1-3-4-5-8(13)11-6-7(2)9(10)12-14/h7,14H,3-6H2,1-2H3,(H2,10,12)(H,11,13). The van der Waals surface area contributed by atoms with Crippen molar-refractivity contribution in [2.24, 2.45) is 16.8 Å². The summed E-state index contributed by atoms with van der Waals surface area (Å²) in [6.45, 7) is 4.24. The maximum atomic E-state index is 11.2. The summed E-state index contributed by atoms with van der Waals surface area (Å²) in [6.07, 6.45) is 2.44. The molecule has 5 heteroatoms. The molecule has 1 amide bonds. The fraction of sp³-hybridized carbons (Fsp3) is 0.778. The number of nitrogens with one attached hydrogen (secondary N) is 1. The average Bonchev–Trinajstić information content (AvgIpc) is 2.21. The minimum atomic E-state index is -0.134. The van der Waals surface area contributed by atoms with E-state index in [1.54, 1.807) is 6.92 Å². The fourth-order valence-corrected chi connectivity index (χ4v) is 0.896.